The summed E-state index contributed by atoms with van der Waals surface area (Å²) in [6, 6.07) is 7.64. The molecule has 1 unspecified atom stereocenters. The van der Waals surface area contributed by atoms with Gasteiger partial charge in [-0.15, -0.1) is 0 Å². The molecule has 5 heteroatoms. The summed E-state index contributed by atoms with van der Waals surface area (Å²) in [5, 5.41) is 12.7. The molecule has 0 saturated heterocycles. The van der Waals surface area contributed by atoms with Crippen molar-refractivity contribution in [3.8, 4) is 11.3 Å². The molecule has 0 spiro atoms. The number of carboxylic acids is 1. The first-order valence-electron chi connectivity index (χ1n) is 8.53. The summed E-state index contributed by atoms with van der Waals surface area (Å²) < 4.78 is 0. The van der Waals surface area contributed by atoms with Gasteiger partial charge in [0.25, 0.3) is 0 Å². The van der Waals surface area contributed by atoms with Gasteiger partial charge in [0.05, 0.1) is 5.69 Å². The van der Waals surface area contributed by atoms with Crippen LogP contribution in [0.4, 0.5) is 5.82 Å². The molecule has 1 aromatic carbocycles. The number of aryl methyl sites for hydroxylation is 1. The zero-order chi connectivity index (χ0) is 17.1. The maximum absolute atomic E-state index is 11.6. The van der Waals surface area contributed by atoms with E-state index >= 15 is 0 Å². The monoisotopic (exact) mass is 325 g/mol. The van der Waals surface area contributed by atoms with Gasteiger partial charge in [-0.25, -0.2) is 14.8 Å². The summed E-state index contributed by atoms with van der Waals surface area (Å²) in [4.78, 5) is 20.5. The molecule has 2 atom stereocenters. The number of aromatic nitrogens is 2. The van der Waals surface area contributed by atoms with Crippen molar-refractivity contribution >= 4 is 11.8 Å². The number of hydrogen-bond donors (Lipinski definition) is 2. The molecule has 0 aliphatic heterocycles. The predicted octanol–water partition coefficient (Wildman–Crippen LogP) is 3.54. The van der Waals surface area contributed by atoms with Gasteiger partial charge in [-0.3, -0.25) is 0 Å². The van der Waals surface area contributed by atoms with Crippen LogP contribution < -0.4 is 5.32 Å². The molecular weight excluding hydrogens is 302 g/mol. The zero-order valence-corrected chi connectivity index (χ0v) is 14.1. The van der Waals surface area contributed by atoms with Crippen molar-refractivity contribution in [1.82, 2.24) is 9.97 Å². The van der Waals surface area contributed by atoms with Gasteiger partial charge in [0, 0.05) is 11.1 Å². The van der Waals surface area contributed by atoms with Crippen LogP contribution in [0, 0.1) is 5.92 Å². The second-order valence-corrected chi connectivity index (χ2v) is 6.41. The van der Waals surface area contributed by atoms with Gasteiger partial charge in [-0.05, 0) is 30.7 Å². The Morgan fingerprint density at radius 2 is 2.08 bits per heavy atom. The average Bonchev–Trinajstić information content (AvgIpc) is 2.78. The standard InChI is InChI=1S/C19H23N3O2/c1-3-12(2)16(19(23)24)22-18-15-10-6-8-13-7-4-5-9-14(13)17(15)20-11-21-18/h4-5,7,9,11-12,16H,3,6,8,10H2,1-2H3,(H,23,24)(H,20,21,22)/t12?,16-/m0/s1. The number of benzene rings is 1. The molecule has 126 valence electrons. The highest BCUT2D eigenvalue weighted by Crippen LogP contribution is 2.34. The van der Waals surface area contributed by atoms with Gasteiger partial charge < -0.3 is 10.4 Å². The molecule has 2 N–H and O–H groups in total. The molecule has 1 aromatic heterocycles. The maximum atomic E-state index is 11.6. The lowest BCUT2D eigenvalue weighted by Crippen LogP contribution is -2.36. The third-order valence-corrected chi connectivity index (χ3v) is 4.86. The van der Waals surface area contributed by atoms with Crippen LogP contribution in [0.1, 0.15) is 37.8 Å². The molecule has 2 aromatic rings. The fourth-order valence-corrected chi connectivity index (χ4v) is 3.26. The summed E-state index contributed by atoms with van der Waals surface area (Å²) in [6.07, 6.45) is 5.17. The second kappa shape index (κ2) is 6.99. The van der Waals surface area contributed by atoms with E-state index in [1.165, 1.54) is 11.9 Å². The molecule has 5 nitrogen and oxygen atoms in total. The van der Waals surface area contributed by atoms with E-state index in [0.29, 0.717) is 5.82 Å². The van der Waals surface area contributed by atoms with Crippen LogP contribution in [0.2, 0.25) is 0 Å². The summed E-state index contributed by atoms with van der Waals surface area (Å²) >= 11 is 0. The highest BCUT2D eigenvalue weighted by atomic mass is 16.4. The van der Waals surface area contributed by atoms with Gasteiger partial charge in [0.2, 0.25) is 0 Å². The lowest BCUT2D eigenvalue weighted by atomic mass is 9.98. The van der Waals surface area contributed by atoms with Gasteiger partial charge in [-0.2, -0.15) is 0 Å². The minimum Gasteiger partial charge on any atom is -0.480 e. The molecule has 0 saturated carbocycles. The number of fused-ring (bicyclic) bond motifs is 3. The van der Waals surface area contributed by atoms with E-state index in [2.05, 4.69) is 27.4 Å². The minimum absolute atomic E-state index is 0.0196. The van der Waals surface area contributed by atoms with E-state index < -0.39 is 12.0 Å². The van der Waals surface area contributed by atoms with Crippen LogP contribution in [-0.4, -0.2) is 27.1 Å². The van der Waals surface area contributed by atoms with Gasteiger partial charge >= 0.3 is 5.97 Å². The molecule has 1 aliphatic rings. The Bertz CT molecular complexity index is 745. The van der Waals surface area contributed by atoms with E-state index in [9.17, 15) is 9.90 Å². The van der Waals surface area contributed by atoms with Crippen LogP contribution in [0.3, 0.4) is 0 Å². The molecule has 24 heavy (non-hydrogen) atoms. The number of nitrogens with zero attached hydrogens (tertiary/aromatic N) is 2. The number of aliphatic carboxylic acids is 1. The molecule has 0 amide bonds. The van der Waals surface area contributed by atoms with E-state index in [4.69, 9.17) is 0 Å². The number of carboxylic acid groups (broad SMARTS) is 1. The van der Waals surface area contributed by atoms with Crippen molar-refractivity contribution in [3.05, 3.63) is 41.7 Å². The lowest BCUT2D eigenvalue weighted by molar-refractivity contribution is -0.139. The van der Waals surface area contributed by atoms with E-state index in [1.54, 1.807) is 0 Å². The topological polar surface area (TPSA) is 75.1 Å². The van der Waals surface area contributed by atoms with Gasteiger partial charge in [-0.1, -0.05) is 44.5 Å². The van der Waals surface area contributed by atoms with Crippen molar-refractivity contribution < 1.29 is 9.90 Å². The number of hydrogen-bond acceptors (Lipinski definition) is 4. The first-order chi connectivity index (χ1) is 11.6. The van der Waals surface area contributed by atoms with Crippen LogP contribution in [-0.2, 0) is 17.6 Å². The number of rotatable bonds is 5. The van der Waals surface area contributed by atoms with Crippen molar-refractivity contribution in [2.75, 3.05) is 5.32 Å². The first-order valence-corrected chi connectivity index (χ1v) is 8.53. The van der Waals surface area contributed by atoms with Crippen LogP contribution in [0.25, 0.3) is 11.3 Å². The smallest absolute Gasteiger partial charge is 0.326 e. The summed E-state index contributed by atoms with van der Waals surface area (Å²) in [5.41, 5.74) is 4.37. The molecule has 1 heterocycles. The highest BCUT2D eigenvalue weighted by Gasteiger charge is 2.26. The molecule has 0 bridgehead atoms. The van der Waals surface area contributed by atoms with Crippen molar-refractivity contribution in [2.45, 2.75) is 45.6 Å². The third kappa shape index (κ3) is 3.11. The van der Waals surface area contributed by atoms with Crippen LogP contribution in [0.15, 0.2) is 30.6 Å². The largest absolute Gasteiger partial charge is 0.480 e. The van der Waals surface area contributed by atoms with E-state index in [0.717, 1.165) is 42.5 Å². The van der Waals surface area contributed by atoms with Gasteiger partial charge in [0.15, 0.2) is 0 Å². The molecular formula is C19H23N3O2. The Labute approximate surface area is 142 Å². The Morgan fingerprint density at radius 1 is 1.29 bits per heavy atom. The van der Waals surface area contributed by atoms with Crippen LogP contribution >= 0.6 is 0 Å². The second-order valence-electron chi connectivity index (χ2n) is 6.41. The first kappa shape index (κ1) is 16.4. The molecule has 0 fully saturated rings. The van der Waals surface area contributed by atoms with Crippen molar-refractivity contribution in [2.24, 2.45) is 5.92 Å². The van der Waals surface area contributed by atoms with E-state index in [-0.39, 0.29) is 5.92 Å². The van der Waals surface area contributed by atoms with Crippen LogP contribution in [0.5, 0.6) is 0 Å². The average molecular weight is 325 g/mol. The minimum atomic E-state index is -0.842. The Balaban J connectivity index is 2.02. The summed E-state index contributed by atoms with van der Waals surface area (Å²) in [5.74, 6) is -0.165. The molecule has 1 aliphatic carbocycles. The Hall–Kier alpha value is -2.43. The molecule has 3 rings (SSSR count). The lowest BCUT2D eigenvalue weighted by Gasteiger charge is -2.22. The Kier molecular flexibility index (Phi) is 4.79. The quantitative estimate of drug-likeness (QED) is 0.879. The Morgan fingerprint density at radius 3 is 2.83 bits per heavy atom. The van der Waals surface area contributed by atoms with E-state index in [1.807, 2.05) is 26.0 Å². The summed E-state index contributed by atoms with van der Waals surface area (Å²) in [6.45, 7) is 3.94. The third-order valence-electron chi connectivity index (χ3n) is 4.86. The highest BCUT2D eigenvalue weighted by molar-refractivity contribution is 5.79. The SMILES string of the molecule is CCC(C)[C@H](Nc1ncnc2c1CCCc1ccccc1-2)C(=O)O. The number of nitrogens with one attached hydrogen (secondary N) is 1. The van der Waals surface area contributed by atoms with Crippen molar-refractivity contribution in [1.29, 1.82) is 0 Å². The normalized spacial score (nSPS) is 15.6. The predicted molar refractivity (Wildman–Crippen MR) is 94.0 cm³/mol. The number of anilines is 1. The number of carbonyl (C=O) groups is 1. The zero-order valence-electron chi connectivity index (χ0n) is 14.1. The fraction of sp³-hybridized carbons (Fsp3) is 0.421. The van der Waals surface area contributed by atoms with Crippen molar-refractivity contribution in [3.63, 3.8) is 0 Å². The summed E-state index contributed by atoms with van der Waals surface area (Å²) in [7, 11) is 0. The fourth-order valence-electron chi connectivity index (χ4n) is 3.26. The van der Waals surface area contributed by atoms with Gasteiger partial charge in [0.1, 0.15) is 18.2 Å². The molecule has 0 radical (unpaired) electrons. The maximum Gasteiger partial charge on any atom is 0.326 e.